The Hall–Kier alpha value is -1.61. The Morgan fingerprint density at radius 1 is 1.28 bits per heavy atom. The maximum absolute atomic E-state index is 5.61. The van der Waals surface area contributed by atoms with Gasteiger partial charge >= 0.3 is 0 Å². The molecule has 2 rings (SSSR count). The topological polar surface area (TPSA) is 43.8 Å². The molecule has 0 aliphatic rings. The number of nitrogens with zero attached hydrogens (tertiary/aromatic N) is 2. The summed E-state index contributed by atoms with van der Waals surface area (Å²) >= 11 is 0. The van der Waals surface area contributed by atoms with E-state index in [-0.39, 0.29) is 5.54 Å². The maximum Gasteiger partial charge on any atom is 0.0955 e. The summed E-state index contributed by atoms with van der Waals surface area (Å²) < 4.78 is 2.20. The molecule has 0 saturated heterocycles. The van der Waals surface area contributed by atoms with Crippen LogP contribution in [0.2, 0.25) is 0 Å². The van der Waals surface area contributed by atoms with E-state index in [9.17, 15) is 0 Å². The van der Waals surface area contributed by atoms with Crippen LogP contribution >= 0.6 is 0 Å². The molecule has 0 spiro atoms. The van der Waals surface area contributed by atoms with Crippen molar-refractivity contribution < 1.29 is 0 Å². The van der Waals surface area contributed by atoms with Crippen molar-refractivity contribution >= 4 is 0 Å². The van der Waals surface area contributed by atoms with Gasteiger partial charge in [0, 0.05) is 11.1 Å². The third-order valence-electron chi connectivity index (χ3n) is 3.02. The Morgan fingerprint density at radius 3 is 2.72 bits per heavy atom. The van der Waals surface area contributed by atoms with Crippen molar-refractivity contribution in [2.75, 3.05) is 6.54 Å². The van der Waals surface area contributed by atoms with Gasteiger partial charge < -0.3 is 10.3 Å². The molecule has 0 saturated carbocycles. The Labute approximate surface area is 109 Å². The first-order chi connectivity index (χ1) is 8.52. The second-order valence-corrected chi connectivity index (χ2v) is 5.56. The summed E-state index contributed by atoms with van der Waals surface area (Å²) in [5.74, 6) is 0. The highest BCUT2D eigenvalue weighted by Gasteiger charge is 2.17. The van der Waals surface area contributed by atoms with E-state index in [1.165, 1.54) is 11.1 Å². The molecule has 1 heterocycles. The molecule has 96 valence electrons. The lowest BCUT2D eigenvalue weighted by Gasteiger charge is -2.23. The minimum absolute atomic E-state index is 0.0374. The van der Waals surface area contributed by atoms with Gasteiger partial charge in [-0.2, -0.15) is 0 Å². The summed E-state index contributed by atoms with van der Waals surface area (Å²) in [5.41, 5.74) is 9.28. The molecule has 0 amide bonds. The van der Waals surface area contributed by atoms with E-state index in [2.05, 4.69) is 54.6 Å². The molecule has 0 bridgehead atoms. The van der Waals surface area contributed by atoms with Gasteiger partial charge in [-0.3, -0.25) is 0 Å². The molecular weight excluding hydrogens is 222 g/mol. The van der Waals surface area contributed by atoms with E-state index < -0.39 is 0 Å². The third-order valence-corrected chi connectivity index (χ3v) is 3.02. The van der Waals surface area contributed by atoms with Crippen LogP contribution in [0.25, 0.3) is 11.3 Å². The van der Waals surface area contributed by atoms with Gasteiger partial charge in [-0.15, -0.1) is 0 Å². The van der Waals surface area contributed by atoms with Gasteiger partial charge in [0.25, 0.3) is 0 Å². The average Bonchev–Trinajstić information content (AvgIpc) is 2.78. The predicted octanol–water partition coefficient (Wildman–Crippen LogP) is 2.81. The number of hydrogen-bond donors (Lipinski definition) is 1. The summed E-state index contributed by atoms with van der Waals surface area (Å²) in [6.45, 7) is 7.23. The highest BCUT2D eigenvalue weighted by Crippen LogP contribution is 2.26. The van der Waals surface area contributed by atoms with Crippen LogP contribution in [0.3, 0.4) is 0 Å². The van der Waals surface area contributed by atoms with Crippen molar-refractivity contribution in [2.24, 2.45) is 5.73 Å². The Bertz CT molecular complexity index is 521. The molecule has 3 heteroatoms. The second-order valence-electron chi connectivity index (χ2n) is 5.56. The Morgan fingerprint density at radius 2 is 2.06 bits per heavy atom. The summed E-state index contributed by atoms with van der Waals surface area (Å²) in [4.78, 5) is 4.28. The Balaban J connectivity index is 2.43. The quantitative estimate of drug-likeness (QED) is 0.901. The molecule has 1 aromatic heterocycles. The summed E-state index contributed by atoms with van der Waals surface area (Å²) in [7, 11) is 0. The van der Waals surface area contributed by atoms with Crippen LogP contribution in [0.5, 0.6) is 0 Å². The molecule has 0 fully saturated rings. The first-order valence-corrected chi connectivity index (χ1v) is 6.34. The zero-order chi connectivity index (χ0) is 13.2. The van der Waals surface area contributed by atoms with E-state index >= 15 is 0 Å². The van der Waals surface area contributed by atoms with Gasteiger partial charge in [0.2, 0.25) is 0 Å². The van der Waals surface area contributed by atoms with Crippen LogP contribution in [0.4, 0.5) is 0 Å². The molecule has 0 radical (unpaired) electrons. The minimum Gasteiger partial charge on any atom is -0.330 e. The zero-order valence-corrected chi connectivity index (χ0v) is 11.4. The molecule has 0 aliphatic carbocycles. The summed E-state index contributed by atoms with van der Waals surface area (Å²) in [6, 6.07) is 8.53. The van der Waals surface area contributed by atoms with Crippen molar-refractivity contribution in [3.05, 3.63) is 42.4 Å². The van der Waals surface area contributed by atoms with Gasteiger partial charge in [0.15, 0.2) is 0 Å². The molecule has 0 atom stereocenters. The van der Waals surface area contributed by atoms with Crippen LogP contribution in [0.15, 0.2) is 36.8 Å². The predicted molar refractivity (Wildman–Crippen MR) is 75.4 cm³/mol. The molecule has 3 nitrogen and oxygen atoms in total. The van der Waals surface area contributed by atoms with E-state index in [4.69, 9.17) is 5.73 Å². The molecule has 0 unspecified atom stereocenters. The second kappa shape index (κ2) is 4.94. The fourth-order valence-electron chi connectivity index (χ4n) is 2.10. The number of rotatable bonds is 3. The number of nitrogens with two attached hydrogens (primary N) is 1. The molecule has 2 aromatic rings. The Kier molecular flexibility index (Phi) is 3.53. The lowest BCUT2D eigenvalue weighted by atomic mass is 10.0. The third kappa shape index (κ3) is 2.62. The number of hydrogen-bond acceptors (Lipinski definition) is 2. The largest absolute Gasteiger partial charge is 0.330 e. The van der Waals surface area contributed by atoms with Crippen molar-refractivity contribution in [3.63, 3.8) is 0 Å². The van der Waals surface area contributed by atoms with E-state index in [1.54, 1.807) is 0 Å². The van der Waals surface area contributed by atoms with Gasteiger partial charge in [-0.05, 0) is 45.4 Å². The van der Waals surface area contributed by atoms with Gasteiger partial charge in [-0.25, -0.2) is 4.98 Å². The van der Waals surface area contributed by atoms with Crippen LogP contribution in [0.1, 0.15) is 26.3 Å². The molecule has 0 aliphatic heterocycles. The molecular formula is C15H21N3. The standard InChI is InChI=1S/C15H21N3/c1-15(2,3)18-11-17-10-14(18)13-6-4-5-12(9-13)7-8-16/h4-6,9-11H,7-8,16H2,1-3H3. The van der Waals surface area contributed by atoms with Crippen molar-refractivity contribution in [2.45, 2.75) is 32.7 Å². The van der Waals surface area contributed by atoms with E-state index in [0.717, 1.165) is 12.1 Å². The highest BCUT2D eigenvalue weighted by molar-refractivity contribution is 5.60. The zero-order valence-electron chi connectivity index (χ0n) is 11.4. The van der Waals surface area contributed by atoms with Gasteiger partial charge in [0.05, 0.1) is 18.2 Å². The van der Waals surface area contributed by atoms with Crippen LogP contribution < -0.4 is 5.73 Å². The summed E-state index contributed by atoms with van der Waals surface area (Å²) in [5, 5.41) is 0. The van der Waals surface area contributed by atoms with Crippen LogP contribution in [0, 0.1) is 0 Å². The normalized spacial score (nSPS) is 11.8. The molecule has 18 heavy (non-hydrogen) atoms. The number of imidazole rings is 1. The lowest BCUT2D eigenvalue weighted by Crippen LogP contribution is -2.21. The fourth-order valence-corrected chi connectivity index (χ4v) is 2.10. The fraction of sp³-hybridized carbons (Fsp3) is 0.400. The van der Waals surface area contributed by atoms with Crippen molar-refractivity contribution in [1.29, 1.82) is 0 Å². The first kappa shape index (κ1) is 12.8. The highest BCUT2D eigenvalue weighted by atomic mass is 15.1. The van der Waals surface area contributed by atoms with E-state index in [0.29, 0.717) is 6.54 Å². The van der Waals surface area contributed by atoms with Gasteiger partial charge in [-0.1, -0.05) is 18.2 Å². The number of benzene rings is 1. The summed E-state index contributed by atoms with van der Waals surface area (Å²) in [6.07, 6.45) is 4.73. The maximum atomic E-state index is 5.61. The molecule has 2 N–H and O–H groups in total. The lowest BCUT2D eigenvalue weighted by molar-refractivity contribution is 0.400. The van der Waals surface area contributed by atoms with Crippen molar-refractivity contribution in [1.82, 2.24) is 9.55 Å². The monoisotopic (exact) mass is 243 g/mol. The molecule has 1 aromatic carbocycles. The van der Waals surface area contributed by atoms with Crippen LogP contribution in [-0.4, -0.2) is 16.1 Å². The smallest absolute Gasteiger partial charge is 0.0955 e. The van der Waals surface area contributed by atoms with Crippen LogP contribution in [-0.2, 0) is 12.0 Å². The van der Waals surface area contributed by atoms with Gasteiger partial charge in [0.1, 0.15) is 0 Å². The average molecular weight is 243 g/mol. The van der Waals surface area contributed by atoms with Crippen molar-refractivity contribution in [3.8, 4) is 11.3 Å². The SMILES string of the molecule is CC(C)(C)n1cncc1-c1cccc(CCN)c1. The number of aromatic nitrogens is 2. The minimum atomic E-state index is 0.0374. The first-order valence-electron chi connectivity index (χ1n) is 6.34. The van der Waals surface area contributed by atoms with E-state index in [1.807, 2.05) is 12.5 Å².